The normalized spacial score (nSPS) is 9.36. The van der Waals surface area contributed by atoms with Gasteiger partial charge in [-0.1, -0.05) is 18.1 Å². The number of terminal acetylenes is 1. The fourth-order valence-electron chi connectivity index (χ4n) is 1.02. The van der Waals surface area contributed by atoms with Crippen molar-refractivity contribution in [1.29, 1.82) is 0 Å². The molecule has 1 aromatic carbocycles. The summed E-state index contributed by atoms with van der Waals surface area (Å²) >= 11 is 1.60. The number of hydrogen-bond donors (Lipinski definition) is 1. The molecule has 1 rings (SSSR count). The Labute approximate surface area is 87.3 Å². The first-order chi connectivity index (χ1) is 6.74. The highest BCUT2D eigenvalue weighted by molar-refractivity contribution is 7.98. The molecule has 0 radical (unpaired) electrons. The van der Waals surface area contributed by atoms with Crippen molar-refractivity contribution in [3.05, 3.63) is 35.4 Å². The molecule has 1 aromatic rings. The maximum Gasteiger partial charge on any atom is 0.335 e. The van der Waals surface area contributed by atoms with Gasteiger partial charge in [0.05, 0.1) is 11.3 Å². The first kappa shape index (κ1) is 10.7. The number of carboxylic acid groups (broad SMARTS) is 1. The number of carbonyl (C=O) groups is 1. The van der Waals surface area contributed by atoms with Crippen LogP contribution in [0.4, 0.5) is 0 Å². The van der Waals surface area contributed by atoms with Crippen LogP contribution in [0.25, 0.3) is 0 Å². The fourth-order valence-corrected chi connectivity index (χ4v) is 1.66. The highest BCUT2D eigenvalue weighted by Gasteiger charge is 2.02. The lowest BCUT2D eigenvalue weighted by Crippen LogP contribution is -1.96. The zero-order valence-electron chi connectivity index (χ0n) is 7.56. The summed E-state index contributed by atoms with van der Waals surface area (Å²) in [6.07, 6.45) is 5.11. The van der Waals surface area contributed by atoms with Crippen molar-refractivity contribution in [2.24, 2.45) is 0 Å². The average molecular weight is 206 g/mol. The second kappa shape index (κ2) is 5.36. The molecule has 0 bridgehead atoms. The van der Waals surface area contributed by atoms with Gasteiger partial charge in [0, 0.05) is 5.75 Å². The van der Waals surface area contributed by atoms with Gasteiger partial charge in [-0.3, -0.25) is 0 Å². The largest absolute Gasteiger partial charge is 0.478 e. The zero-order chi connectivity index (χ0) is 10.4. The lowest BCUT2D eigenvalue weighted by atomic mass is 10.1. The monoisotopic (exact) mass is 206 g/mol. The van der Waals surface area contributed by atoms with Crippen molar-refractivity contribution < 1.29 is 9.90 Å². The molecule has 0 saturated heterocycles. The minimum Gasteiger partial charge on any atom is -0.478 e. The Kier molecular flexibility index (Phi) is 4.09. The van der Waals surface area contributed by atoms with Crippen LogP contribution in [0.1, 0.15) is 15.9 Å². The van der Waals surface area contributed by atoms with Crippen LogP contribution in [-0.4, -0.2) is 16.8 Å². The van der Waals surface area contributed by atoms with Gasteiger partial charge in [0.15, 0.2) is 0 Å². The van der Waals surface area contributed by atoms with Crippen molar-refractivity contribution in [2.75, 3.05) is 5.75 Å². The van der Waals surface area contributed by atoms with Gasteiger partial charge in [-0.25, -0.2) is 4.79 Å². The maximum atomic E-state index is 10.6. The smallest absolute Gasteiger partial charge is 0.335 e. The minimum absolute atomic E-state index is 0.323. The molecule has 0 aliphatic rings. The molecule has 0 unspecified atom stereocenters. The van der Waals surface area contributed by atoms with E-state index in [1.807, 2.05) is 6.07 Å². The van der Waals surface area contributed by atoms with E-state index >= 15 is 0 Å². The fraction of sp³-hybridized carbons (Fsp3) is 0.182. The number of benzene rings is 1. The number of aromatic carboxylic acids is 1. The molecule has 2 nitrogen and oxygen atoms in total. The molecule has 0 aromatic heterocycles. The van der Waals surface area contributed by atoms with Crippen LogP contribution in [0.15, 0.2) is 24.3 Å². The summed E-state index contributed by atoms with van der Waals surface area (Å²) in [5, 5.41) is 8.74. The van der Waals surface area contributed by atoms with E-state index in [1.165, 1.54) is 0 Å². The van der Waals surface area contributed by atoms with Gasteiger partial charge in [0.25, 0.3) is 0 Å². The Hall–Kier alpha value is -1.40. The Morgan fingerprint density at radius 3 is 3.00 bits per heavy atom. The lowest BCUT2D eigenvalue weighted by Gasteiger charge is -2.00. The number of carboxylic acids is 1. The molecule has 0 spiro atoms. The highest BCUT2D eigenvalue weighted by atomic mass is 32.2. The predicted octanol–water partition coefficient (Wildman–Crippen LogP) is 2.25. The van der Waals surface area contributed by atoms with Crippen LogP contribution >= 0.6 is 11.8 Å². The second-order valence-electron chi connectivity index (χ2n) is 2.70. The molecule has 0 fully saturated rings. The topological polar surface area (TPSA) is 37.3 Å². The summed E-state index contributed by atoms with van der Waals surface area (Å²) in [6, 6.07) is 6.90. The second-order valence-corrected chi connectivity index (χ2v) is 3.69. The molecule has 0 heterocycles. The van der Waals surface area contributed by atoms with Gasteiger partial charge in [-0.15, -0.1) is 18.2 Å². The van der Waals surface area contributed by atoms with E-state index in [2.05, 4.69) is 5.92 Å². The lowest BCUT2D eigenvalue weighted by molar-refractivity contribution is 0.0697. The van der Waals surface area contributed by atoms with E-state index in [4.69, 9.17) is 11.5 Å². The van der Waals surface area contributed by atoms with Gasteiger partial charge in [-0.05, 0) is 17.7 Å². The standard InChI is InChI=1S/C11H10O2S/c1-2-6-14-8-9-4-3-5-10(7-9)11(12)13/h1,3-5,7H,6,8H2,(H,12,13). The van der Waals surface area contributed by atoms with E-state index in [-0.39, 0.29) is 0 Å². The van der Waals surface area contributed by atoms with Crippen molar-refractivity contribution in [2.45, 2.75) is 5.75 Å². The Bertz CT molecular complexity index is 366. The van der Waals surface area contributed by atoms with Gasteiger partial charge < -0.3 is 5.11 Å². The third kappa shape index (κ3) is 3.15. The predicted molar refractivity (Wildman–Crippen MR) is 58.4 cm³/mol. The molecule has 3 heteroatoms. The molecular formula is C11H10O2S. The third-order valence-electron chi connectivity index (χ3n) is 1.63. The van der Waals surface area contributed by atoms with Crippen molar-refractivity contribution >= 4 is 17.7 Å². The summed E-state index contributed by atoms with van der Waals surface area (Å²) in [4.78, 5) is 10.6. The molecule has 72 valence electrons. The summed E-state index contributed by atoms with van der Waals surface area (Å²) in [6.45, 7) is 0. The minimum atomic E-state index is -0.895. The Morgan fingerprint density at radius 1 is 1.57 bits per heavy atom. The first-order valence-electron chi connectivity index (χ1n) is 4.07. The number of rotatable bonds is 4. The van der Waals surface area contributed by atoms with E-state index in [0.717, 1.165) is 11.3 Å². The number of hydrogen-bond acceptors (Lipinski definition) is 2. The Morgan fingerprint density at radius 2 is 2.36 bits per heavy atom. The highest BCUT2D eigenvalue weighted by Crippen LogP contribution is 2.13. The van der Waals surface area contributed by atoms with E-state index in [9.17, 15) is 4.79 Å². The quantitative estimate of drug-likeness (QED) is 0.606. The summed E-state index contributed by atoms with van der Waals surface area (Å²) in [7, 11) is 0. The van der Waals surface area contributed by atoms with Gasteiger partial charge >= 0.3 is 5.97 Å². The van der Waals surface area contributed by atoms with E-state index in [0.29, 0.717) is 11.3 Å². The van der Waals surface area contributed by atoms with Gasteiger partial charge in [0.1, 0.15) is 0 Å². The molecule has 0 aliphatic carbocycles. The molecule has 0 saturated carbocycles. The molecule has 1 N–H and O–H groups in total. The van der Waals surface area contributed by atoms with Crippen LogP contribution in [-0.2, 0) is 5.75 Å². The molecule has 0 aliphatic heterocycles. The Balaban J connectivity index is 2.65. The summed E-state index contributed by atoms with van der Waals surface area (Å²) < 4.78 is 0. The van der Waals surface area contributed by atoms with Gasteiger partial charge in [0.2, 0.25) is 0 Å². The SMILES string of the molecule is C#CCSCc1cccc(C(=O)O)c1. The molecular weight excluding hydrogens is 196 g/mol. The van der Waals surface area contributed by atoms with Crippen LogP contribution < -0.4 is 0 Å². The summed E-state index contributed by atoms with van der Waals surface area (Å²) in [5.41, 5.74) is 1.31. The van der Waals surface area contributed by atoms with E-state index < -0.39 is 5.97 Å². The molecule has 0 amide bonds. The van der Waals surface area contributed by atoms with Crippen molar-refractivity contribution in [3.8, 4) is 12.3 Å². The van der Waals surface area contributed by atoms with Crippen LogP contribution in [0, 0.1) is 12.3 Å². The zero-order valence-corrected chi connectivity index (χ0v) is 8.38. The van der Waals surface area contributed by atoms with Crippen molar-refractivity contribution in [3.63, 3.8) is 0 Å². The molecule has 14 heavy (non-hydrogen) atoms. The van der Waals surface area contributed by atoms with Crippen molar-refractivity contribution in [1.82, 2.24) is 0 Å². The van der Waals surface area contributed by atoms with Gasteiger partial charge in [-0.2, -0.15) is 0 Å². The average Bonchev–Trinajstić information content (AvgIpc) is 2.19. The summed E-state index contributed by atoms with van der Waals surface area (Å²) in [5.74, 6) is 3.03. The molecule has 0 atom stereocenters. The van der Waals surface area contributed by atoms with Crippen LogP contribution in [0.5, 0.6) is 0 Å². The maximum absolute atomic E-state index is 10.6. The first-order valence-corrected chi connectivity index (χ1v) is 5.23. The number of thioether (sulfide) groups is 1. The van der Waals surface area contributed by atoms with Crippen LogP contribution in [0.3, 0.4) is 0 Å². The third-order valence-corrected chi connectivity index (χ3v) is 2.54. The van der Waals surface area contributed by atoms with Crippen LogP contribution in [0.2, 0.25) is 0 Å². The van der Waals surface area contributed by atoms with E-state index in [1.54, 1.807) is 30.0 Å².